The van der Waals surface area contributed by atoms with Gasteiger partial charge in [0.05, 0.1) is 25.9 Å². The second kappa shape index (κ2) is 18.9. The molecule has 0 aromatic heterocycles. The summed E-state index contributed by atoms with van der Waals surface area (Å²) in [4.78, 5) is 0. The predicted molar refractivity (Wildman–Crippen MR) is 100 cm³/mol. The number of aliphatic hydroxyl groups excluding tert-OH is 2. The second-order valence-corrected chi connectivity index (χ2v) is 6.55. The van der Waals surface area contributed by atoms with E-state index in [1.807, 2.05) is 6.08 Å². The van der Waals surface area contributed by atoms with Crippen LogP contribution >= 0.6 is 0 Å². The highest BCUT2D eigenvalue weighted by molar-refractivity contribution is 4.89. The molecule has 0 unspecified atom stereocenters. The van der Waals surface area contributed by atoms with Crippen molar-refractivity contribution in [2.75, 3.05) is 26.9 Å². The topological polar surface area (TPSA) is 58.9 Å². The standard InChI is InChI=1S/C20H40O4/c1-3-4-5-6-7-8-9-10-11-12-13-14-15-20(23-2)18-24-17-19(22)16-21/h14-15,19-22H,3-13,16-18H2,1-2H3/b15-14-/t19-,20+/m1/s1. The molecule has 0 saturated heterocycles. The Labute approximate surface area is 149 Å². The molecule has 4 nitrogen and oxygen atoms in total. The molecular formula is C20H40O4. The summed E-state index contributed by atoms with van der Waals surface area (Å²) in [5, 5.41) is 17.9. The van der Waals surface area contributed by atoms with E-state index in [9.17, 15) is 5.11 Å². The van der Waals surface area contributed by atoms with E-state index in [0.29, 0.717) is 6.61 Å². The van der Waals surface area contributed by atoms with Crippen LogP contribution in [0.1, 0.15) is 77.6 Å². The molecule has 144 valence electrons. The number of aliphatic hydroxyl groups is 2. The third kappa shape index (κ3) is 16.4. The minimum atomic E-state index is -0.807. The van der Waals surface area contributed by atoms with Crippen LogP contribution in [0.3, 0.4) is 0 Å². The third-order valence-corrected chi connectivity index (χ3v) is 4.18. The molecule has 0 fully saturated rings. The molecular weight excluding hydrogens is 304 g/mol. The van der Waals surface area contributed by atoms with E-state index in [2.05, 4.69) is 13.0 Å². The Hall–Kier alpha value is -0.420. The third-order valence-electron chi connectivity index (χ3n) is 4.18. The van der Waals surface area contributed by atoms with Crippen molar-refractivity contribution < 1.29 is 19.7 Å². The number of unbranched alkanes of at least 4 members (excludes halogenated alkanes) is 10. The van der Waals surface area contributed by atoms with E-state index in [1.54, 1.807) is 7.11 Å². The van der Waals surface area contributed by atoms with E-state index in [4.69, 9.17) is 14.6 Å². The van der Waals surface area contributed by atoms with E-state index in [0.717, 1.165) is 6.42 Å². The molecule has 0 amide bonds. The van der Waals surface area contributed by atoms with Crippen LogP contribution in [0.15, 0.2) is 12.2 Å². The zero-order valence-electron chi connectivity index (χ0n) is 15.9. The zero-order chi connectivity index (χ0) is 17.9. The zero-order valence-corrected chi connectivity index (χ0v) is 15.9. The summed E-state index contributed by atoms with van der Waals surface area (Å²) in [5.41, 5.74) is 0. The summed E-state index contributed by atoms with van der Waals surface area (Å²) in [6.07, 6.45) is 17.9. The maximum atomic E-state index is 9.20. The van der Waals surface area contributed by atoms with Gasteiger partial charge in [0.15, 0.2) is 0 Å². The van der Waals surface area contributed by atoms with Gasteiger partial charge in [0.1, 0.15) is 6.10 Å². The van der Waals surface area contributed by atoms with Crippen LogP contribution in [0.2, 0.25) is 0 Å². The smallest absolute Gasteiger partial charge is 0.100 e. The van der Waals surface area contributed by atoms with Crippen molar-refractivity contribution in [1.29, 1.82) is 0 Å². The summed E-state index contributed by atoms with van der Waals surface area (Å²) in [6, 6.07) is 0. The maximum Gasteiger partial charge on any atom is 0.100 e. The van der Waals surface area contributed by atoms with E-state index >= 15 is 0 Å². The van der Waals surface area contributed by atoms with Crippen LogP contribution in [0, 0.1) is 0 Å². The summed E-state index contributed by atoms with van der Waals surface area (Å²) >= 11 is 0. The molecule has 0 aliphatic heterocycles. The average Bonchev–Trinajstić information content (AvgIpc) is 2.60. The van der Waals surface area contributed by atoms with Crippen molar-refractivity contribution in [2.45, 2.75) is 89.8 Å². The van der Waals surface area contributed by atoms with Gasteiger partial charge in [-0.25, -0.2) is 0 Å². The molecule has 0 aliphatic rings. The fourth-order valence-corrected chi connectivity index (χ4v) is 2.57. The Morgan fingerprint density at radius 3 is 2.00 bits per heavy atom. The summed E-state index contributed by atoms with van der Waals surface area (Å²) in [6.45, 7) is 2.54. The molecule has 2 N–H and O–H groups in total. The minimum Gasteiger partial charge on any atom is -0.394 e. The number of hydrogen-bond donors (Lipinski definition) is 2. The second-order valence-electron chi connectivity index (χ2n) is 6.55. The van der Waals surface area contributed by atoms with Crippen molar-refractivity contribution in [3.05, 3.63) is 12.2 Å². The SMILES string of the molecule is CCCCCCCCCCCC/C=C\[C@@H](COC[C@H](O)CO)OC. The van der Waals surface area contributed by atoms with Gasteiger partial charge >= 0.3 is 0 Å². The molecule has 0 radical (unpaired) electrons. The Balaban J connectivity index is 3.42. The first-order chi connectivity index (χ1) is 11.7. The summed E-state index contributed by atoms with van der Waals surface area (Å²) < 4.78 is 10.6. The van der Waals surface area contributed by atoms with Gasteiger partial charge < -0.3 is 19.7 Å². The molecule has 0 heterocycles. The fraction of sp³-hybridized carbons (Fsp3) is 0.900. The number of methoxy groups -OCH3 is 1. The molecule has 0 aromatic carbocycles. The first kappa shape index (κ1) is 23.6. The van der Waals surface area contributed by atoms with Gasteiger partial charge in [0.2, 0.25) is 0 Å². The molecule has 0 saturated carbocycles. The normalized spacial score (nSPS) is 14.3. The molecule has 0 rings (SSSR count). The Kier molecular flexibility index (Phi) is 18.6. The highest BCUT2D eigenvalue weighted by Gasteiger charge is 2.06. The number of hydrogen-bond acceptors (Lipinski definition) is 4. The summed E-state index contributed by atoms with van der Waals surface area (Å²) in [5.74, 6) is 0. The van der Waals surface area contributed by atoms with Gasteiger partial charge in [-0.3, -0.25) is 0 Å². The van der Waals surface area contributed by atoms with Crippen LogP contribution in [-0.4, -0.2) is 49.4 Å². The number of allylic oxidation sites excluding steroid dienone is 1. The lowest BCUT2D eigenvalue weighted by Gasteiger charge is -2.13. The maximum absolute atomic E-state index is 9.20. The van der Waals surface area contributed by atoms with E-state index in [1.165, 1.54) is 64.2 Å². The van der Waals surface area contributed by atoms with Gasteiger partial charge in [-0.05, 0) is 12.8 Å². The molecule has 0 bridgehead atoms. The van der Waals surface area contributed by atoms with Crippen LogP contribution in [-0.2, 0) is 9.47 Å². The Morgan fingerprint density at radius 1 is 0.875 bits per heavy atom. The number of rotatable bonds is 18. The quantitative estimate of drug-likeness (QED) is 0.288. The molecule has 0 aromatic rings. The van der Waals surface area contributed by atoms with Crippen LogP contribution in [0.4, 0.5) is 0 Å². The first-order valence-corrected chi connectivity index (χ1v) is 9.80. The highest BCUT2D eigenvalue weighted by Crippen LogP contribution is 2.11. The molecule has 0 aliphatic carbocycles. The monoisotopic (exact) mass is 344 g/mol. The van der Waals surface area contributed by atoms with Gasteiger partial charge in [0.25, 0.3) is 0 Å². The largest absolute Gasteiger partial charge is 0.394 e. The van der Waals surface area contributed by atoms with Crippen LogP contribution < -0.4 is 0 Å². The van der Waals surface area contributed by atoms with Gasteiger partial charge in [0, 0.05) is 7.11 Å². The van der Waals surface area contributed by atoms with Crippen LogP contribution in [0.25, 0.3) is 0 Å². The van der Waals surface area contributed by atoms with Gasteiger partial charge in [-0.15, -0.1) is 0 Å². The molecule has 2 atom stereocenters. The van der Waals surface area contributed by atoms with Crippen molar-refractivity contribution in [3.63, 3.8) is 0 Å². The average molecular weight is 345 g/mol. The Bertz CT molecular complexity index is 268. The van der Waals surface area contributed by atoms with E-state index < -0.39 is 6.10 Å². The van der Waals surface area contributed by atoms with Crippen molar-refractivity contribution in [1.82, 2.24) is 0 Å². The van der Waals surface area contributed by atoms with Crippen molar-refractivity contribution >= 4 is 0 Å². The van der Waals surface area contributed by atoms with Crippen LogP contribution in [0.5, 0.6) is 0 Å². The van der Waals surface area contributed by atoms with Crippen molar-refractivity contribution in [3.8, 4) is 0 Å². The highest BCUT2D eigenvalue weighted by atomic mass is 16.5. The minimum absolute atomic E-state index is 0.0842. The summed E-state index contributed by atoms with van der Waals surface area (Å²) in [7, 11) is 1.65. The lowest BCUT2D eigenvalue weighted by molar-refractivity contribution is -0.0236. The lowest BCUT2D eigenvalue weighted by atomic mass is 10.1. The lowest BCUT2D eigenvalue weighted by Crippen LogP contribution is -2.23. The van der Waals surface area contributed by atoms with Crippen molar-refractivity contribution in [2.24, 2.45) is 0 Å². The van der Waals surface area contributed by atoms with Gasteiger partial charge in [-0.2, -0.15) is 0 Å². The number of ether oxygens (including phenoxy) is 2. The fourth-order valence-electron chi connectivity index (χ4n) is 2.57. The molecule has 24 heavy (non-hydrogen) atoms. The Morgan fingerprint density at radius 2 is 1.46 bits per heavy atom. The van der Waals surface area contributed by atoms with Gasteiger partial charge in [-0.1, -0.05) is 76.9 Å². The predicted octanol–water partition coefficient (Wildman–Crippen LogP) is 4.24. The molecule has 0 spiro atoms. The van der Waals surface area contributed by atoms with E-state index in [-0.39, 0.29) is 19.3 Å². The molecule has 4 heteroatoms. The first-order valence-electron chi connectivity index (χ1n) is 9.80.